The monoisotopic (exact) mass is 635 g/mol. The Morgan fingerprint density at radius 3 is 2.45 bits per heavy atom. The van der Waals surface area contributed by atoms with Crippen molar-refractivity contribution in [1.82, 2.24) is 4.98 Å². The molecule has 0 radical (unpaired) electrons. The third kappa shape index (κ3) is 4.86. The normalized spacial score (nSPS) is 17.8. The van der Waals surface area contributed by atoms with Gasteiger partial charge in [0.15, 0.2) is 0 Å². The van der Waals surface area contributed by atoms with Gasteiger partial charge in [-0.3, -0.25) is 0 Å². The van der Waals surface area contributed by atoms with Crippen LogP contribution in [0.3, 0.4) is 0 Å². The fourth-order valence-corrected chi connectivity index (χ4v) is 24.4. The van der Waals surface area contributed by atoms with Crippen LogP contribution in [0.15, 0.2) is 90.6 Å². The Morgan fingerprint density at radius 1 is 0.895 bits per heavy atom. The van der Waals surface area contributed by atoms with E-state index in [1.165, 1.54) is 46.9 Å². The summed E-state index contributed by atoms with van der Waals surface area (Å²) in [4.78, 5) is 4.81. The van der Waals surface area contributed by atoms with E-state index in [4.69, 9.17) is 4.98 Å². The Balaban J connectivity index is 0.00000168. The molecule has 1 nitrogen and oxygen atoms in total. The summed E-state index contributed by atoms with van der Waals surface area (Å²) >= 11 is -3.40. The number of hydrogen-bond donors (Lipinski definition) is 0. The molecule has 38 heavy (non-hydrogen) atoms. The molecule has 2 aliphatic carbocycles. The maximum atomic E-state index is 4.81. The number of para-hydroxylation sites is 1. The molecule has 5 heteroatoms. The molecule has 2 unspecified atom stereocenters. The summed E-state index contributed by atoms with van der Waals surface area (Å²) in [6.45, 7) is 4.74. The predicted molar refractivity (Wildman–Crippen MR) is 170 cm³/mol. The number of nitrogens with zero attached hydrogens (tertiary/aromatic N) is 1. The largest absolute Gasteiger partial charge is 0.147 e. The smallest absolute Gasteiger partial charge is 0.147 e. The van der Waals surface area contributed by atoms with Crippen molar-refractivity contribution in [3.63, 3.8) is 0 Å². The topological polar surface area (TPSA) is 12.9 Å². The molecular weight excluding hydrogens is 601 g/mol. The van der Waals surface area contributed by atoms with E-state index < -0.39 is 17.4 Å². The minimum absolute atomic E-state index is 0. The van der Waals surface area contributed by atoms with Crippen LogP contribution in [-0.2, 0) is 17.4 Å². The van der Waals surface area contributed by atoms with Crippen LogP contribution in [0.25, 0.3) is 34.2 Å². The summed E-state index contributed by atoms with van der Waals surface area (Å²) < 4.78 is 6.59. The second-order valence-corrected chi connectivity index (χ2v) is 42.5. The van der Waals surface area contributed by atoms with Crippen LogP contribution >= 0.6 is 24.8 Å². The number of pyridine rings is 1. The first-order valence-electron chi connectivity index (χ1n) is 13.4. The zero-order valence-electron chi connectivity index (χ0n) is 22.5. The van der Waals surface area contributed by atoms with Gasteiger partial charge in [-0.15, -0.1) is 24.8 Å². The van der Waals surface area contributed by atoms with E-state index in [9.17, 15) is 0 Å². The number of benzene rings is 3. The Bertz CT molecular complexity index is 1630. The second-order valence-electron chi connectivity index (χ2n) is 11.9. The van der Waals surface area contributed by atoms with Crippen molar-refractivity contribution in [1.29, 1.82) is 0 Å². The quantitative estimate of drug-likeness (QED) is 0.192. The van der Waals surface area contributed by atoms with Crippen molar-refractivity contribution in [3.8, 4) is 11.1 Å². The zero-order chi connectivity index (χ0) is 24.9. The molecule has 2 atom stereocenters. The van der Waals surface area contributed by atoms with Gasteiger partial charge in [-0.1, -0.05) is 0 Å². The maximum Gasteiger partial charge on any atom is -0.147 e. The fraction of sp³-hybridized carbons (Fsp3) is 0.242. The van der Waals surface area contributed by atoms with Gasteiger partial charge >= 0.3 is 219 Å². The van der Waals surface area contributed by atoms with Gasteiger partial charge < -0.3 is 0 Å². The van der Waals surface area contributed by atoms with E-state index in [1.54, 1.807) is 16.7 Å². The standard InChI is InChI=1S/C22H20N.C9H7.2CH3.2ClH.H2Si.Zr/c1-2-3-7-16-12-17-9-6-10-20(21(17)13-16)19-14-18-8-4-5-11-22(18)23-15-19;1-2-5-9-7-3-6-8(9)4-1;;;;;;/h4-6,8-15H,2-3,7H2,1H3;1-7H;2*1H3;2*1H;1H2;. The average Bonchev–Trinajstić information content (AvgIpc) is 3.50. The van der Waals surface area contributed by atoms with Crippen molar-refractivity contribution >= 4 is 54.7 Å². The molecule has 0 spiro atoms. The number of rotatable bonds is 6. The van der Waals surface area contributed by atoms with Crippen molar-refractivity contribution in [3.05, 3.63) is 113 Å². The molecular formula is C33H37Cl2NSiZr. The Kier molecular flexibility index (Phi) is 8.47. The van der Waals surface area contributed by atoms with Crippen molar-refractivity contribution in [2.75, 3.05) is 0 Å². The van der Waals surface area contributed by atoms with Crippen LogP contribution in [0.2, 0.25) is 9.26 Å². The van der Waals surface area contributed by atoms with Gasteiger partial charge in [-0.25, -0.2) is 0 Å². The molecule has 0 N–H and O–H groups in total. The fourth-order valence-electron chi connectivity index (χ4n) is 6.91. The van der Waals surface area contributed by atoms with Gasteiger partial charge in [0.25, 0.3) is 0 Å². The SMILES string of the molecule is CCCCC1=Cc2c(-c3cnc4ccccc4c3)cccc2[CH]1[Zr]([CH3])([CH3])(=[SiH2])[CH]1C=Cc2ccccc21.Cl.Cl. The minimum Gasteiger partial charge on any atom is -0.147 e. The molecule has 0 saturated carbocycles. The van der Waals surface area contributed by atoms with Gasteiger partial charge in [0, 0.05) is 0 Å². The van der Waals surface area contributed by atoms with Gasteiger partial charge in [-0.05, 0) is 0 Å². The minimum atomic E-state index is -3.40. The first-order valence-corrected chi connectivity index (χ1v) is 27.1. The van der Waals surface area contributed by atoms with E-state index in [2.05, 4.69) is 120 Å². The molecule has 1 aromatic heterocycles. The summed E-state index contributed by atoms with van der Waals surface area (Å²) in [6.07, 6.45) is 13.3. The van der Waals surface area contributed by atoms with Crippen molar-refractivity contribution < 1.29 is 17.4 Å². The van der Waals surface area contributed by atoms with E-state index in [0.29, 0.717) is 7.25 Å². The van der Waals surface area contributed by atoms with Gasteiger partial charge in [0.1, 0.15) is 0 Å². The predicted octanol–water partition coefficient (Wildman–Crippen LogP) is 9.48. The number of allylic oxidation sites excluding steroid dienone is 2. The number of fused-ring (bicyclic) bond motifs is 3. The first kappa shape index (κ1) is 29.2. The molecule has 4 aromatic rings. The molecule has 196 valence electrons. The number of halogens is 2. The van der Waals surface area contributed by atoms with Crippen LogP contribution in [0.1, 0.15) is 55.7 Å². The van der Waals surface area contributed by atoms with Crippen LogP contribution in [0.5, 0.6) is 0 Å². The molecule has 1 heterocycles. The molecule has 0 amide bonds. The van der Waals surface area contributed by atoms with Gasteiger partial charge in [0.2, 0.25) is 0 Å². The molecule has 0 bridgehead atoms. The summed E-state index contributed by atoms with van der Waals surface area (Å²) in [7, 11) is 0. The van der Waals surface area contributed by atoms with Crippen molar-refractivity contribution in [2.45, 2.75) is 42.7 Å². The Labute approximate surface area is 242 Å². The summed E-state index contributed by atoms with van der Waals surface area (Å²) in [5.74, 6) is 0. The zero-order valence-corrected chi connectivity index (χ0v) is 28.0. The van der Waals surface area contributed by atoms with Crippen LogP contribution in [0, 0.1) is 0 Å². The molecule has 0 saturated heterocycles. The second kappa shape index (κ2) is 11.0. The average molecular weight is 638 g/mol. The van der Waals surface area contributed by atoms with E-state index in [0.717, 1.165) is 5.52 Å². The van der Waals surface area contributed by atoms with E-state index >= 15 is 0 Å². The summed E-state index contributed by atoms with van der Waals surface area (Å²) in [5, 5.41) is 1.21. The van der Waals surface area contributed by atoms with E-state index in [1.807, 2.05) is 0 Å². The van der Waals surface area contributed by atoms with E-state index in [-0.39, 0.29) is 24.8 Å². The van der Waals surface area contributed by atoms with Crippen LogP contribution < -0.4 is 0 Å². The number of aromatic nitrogens is 1. The first-order chi connectivity index (χ1) is 17.4. The van der Waals surface area contributed by atoms with Gasteiger partial charge in [0.05, 0.1) is 0 Å². The third-order valence-electron chi connectivity index (χ3n) is 8.64. The molecule has 0 aliphatic heterocycles. The molecule has 3 aromatic carbocycles. The van der Waals surface area contributed by atoms with Crippen LogP contribution in [-0.4, -0.2) is 11.9 Å². The summed E-state index contributed by atoms with van der Waals surface area (Å²) in [5.41, 5.74) is 11.3. The van der Waals surface area contributed by atoms with Gasteiger partial charge in [-0.2, -0.15) is 0 Å². The Morgan fingerprint density at radius 2 is 1.63 bits per heavy atom. The Hall–Kier alpha value is -1.77. The molecule has 2 aliphatic rings. The van der Waals surface area contributed by atoms with Crippen LogP contribution in [0.4, 0.5) is 0 Å². The molecule has 0 fully saturated rings. The summed E-state index contributed by atoms with van der Waals surface area (Å²) in [6, 6.07) is 26.9. The molecule has 6 rings (SSSR count). The van der Waals surface area contributed by atoms with Crippen molar-refractivity contribution in [2.24, 2.45) is 0 Å². The maximum absolute atomic E-state index is 4.81. The number of hydrogen-bond acceptors (Lipinski definition) is 1. The number of unbranched alkanes of at least 4 members (excludes halogenated alkanes) is 1. The third-order valence-corrected chi connectivity index (χ3v) is 26.3.